The maximum atomic E-state index is 11.7. The Morgan fingerprint density at radius 3 is 2.52 bits per heavy atom. The van der Waals surface area contributed by atoms with Crippen LogP contribution in [0.25, 0.3) is 0 Å². The van der Waals surface area contributed by atoms with Gasteiger partial charge in [0.05, 0.1) is 11.8 Å². The molecule has 6 nitrogen and oxygen atoms in total. The fraction of sp³-hybridized carbons (Fsp3) is 0.467. The molecule has 2 fully saturated rings. The third-order valence-electron chi connectivity index (χ3n) is 4.36. The van der Waals surface area contributed by atoms with Crippen LogP contribution in [0.15, 0.2) is 23.2 Å². The Bertz CT molecular complexity index is 660. The second-order valence-corrected chi connectivity index (χ2v) is 5.54. The monoisotopic (exact) mass is 288 g/mol. The molecule has 108 valence electrons. The van der Waals surface area contributed by atoms with E-state index in [4.69, 9.17) is 4.74 Å². The van der Waals surface area contributed by atoms with Crippen molar-refractivity contribution in [2.24, 2.45) is 23.7 Å². The van der Waals surface area contributed by atoms with E-state index in [1.54, 1.807) is 18.8 Å². The summed E-state index contributed by atoms with van der Waals surface area (Å²) in [5.41, 5.74) is 0.751. The zero-order chi connectivity index (χ0) is 15.1. The molecule has 2 saturated heterocycles. The maximum absolute atomic E-state index is 11.7. The maximum Gasteiger partial charge on any atom is 0.321 e. The van der Waals surface area contributed by atoms with E-state index < -0.39 is 23.8 Å². The average molecular weight is 288 g/mol. The van der Waals surface area contributed by atoms with Crippen molar-refractivity contribution < 1.29 is 28.7 Å². The first-order valence-electron chi connectivity index (χ1n) is 6.65. The highest BCUT2D eigenvalue weighted by Crippen LogP contribution is 2.46. The van der Waals surface area contributed by atoms with Crippen LogP contribution in [0.4, 0.5) is 0 Å². The summed E-state index contributed by atoms with van der Waals surface area (Å²) in [6.45, 7) is 1.76. The highest BCUT2D eigenvalue weighted by atomic mass is 16.6. The molecule has 0 saturated carbocycles. The predicted octanol–water partition coefficient (Wildman–Crippen LogP) is 0.736. The molecule has 1 aliphatic carbocycles. The van der Waals surface area contributed by atoms with Crippen molar-refractivity contribution in [1.82, 2.24) is 0 Å². The van der Waals surface area contributed by atoms with Crippen molar-refractivity contribution in [3.63, 3.8) is 0 Å². The zero-order valence-electron chi connectivity index (χ0n) is 11.3. The highest BCUT2D eigenvalue weighted by molar-refractivity contribution is 5.98. The lowest BCUT2D eigenvalue weighted by atomic mass is 9.71. The molecule has 21 heavy (non-hydrogen) atoms. The summed E-state index contributed by atoms with van der Waals surface area (Å²) in [7, 11) is 0. The first-order chi connectivity index (χ1) is 10.0. The highest BCUT2D eigenvalue weighted by Gasteiger charge is 2.50. The Labute approximate surface area is 120 Å². The van der Waals surface area contributed by atoms with Crippen LogP contribution in [-0.2, 0) is 28.7 Å². The van der Waals surface area contributed by atoms with E-state index in [1.165, 1.54) is 0 Å². The van der Waals surface area contributed by atoms with Gasteiger partial charge in [0.2, 0.25) is 0 Å². The second-order valence-electron chi connectivity index (χ2n) is 5.54. The van der Waals surface area contributed by atoms with E-state index in [1.807, 2.05) is 6.08 Å². The lowest BCUT2D eigenvalue weighted by Gasteiger charge is -2.28. The molecule has 0 aromatic heterocycles. The van der Waals surface area contributed by atoms with Gasteiger partial charge in [-0.25, -0.2) is 9.59 Å². The SMILES string of the molecule is CC1=CC(C2CC(=C=O)OC2=C=O)CC2C(=O)OC(=O)C12. The van der Waals surface area contributed by atoms with Crippen LogP contribution in [0.2, 0.25) is 0 Å². The molecule has 3 rings (SSSR count). The summed E-state index contributed by atoms with van der Waals surface area (Å²) in [5.74, 6) is 0.860. The number of carbonyl (C=O) groups excluding carboxylic acids is 4. The molecule has 0 bridgehead atoms. The fourth-order valence-electron chi connectivity index (χ4n) is 3.40. The lowest BCUT2D eigenvalue weighted by molar-refractivity contribution is -0.153. The Morgan fingerprint density at radius 2 is 1.86 bits per heavy atom. The summed E-state index contributed by atoms with van der Waals surface area (Å²) >= 11 is 0. The third-order valence-corrected chi connectivity index (χ3v) is 4.36. The number of cyclic esters (lactones) is 2. The van der Waals surface area contributed by atoms with E-state index in [0.717, 1.165) is 5.57 Å². The first kappa shape index (κ1) is 13.6. The third kappa shape index (κ3) is 2.05. The minimum absolute atomic E-state index is 0.0542. The number of allylic oxidation sites excluding steroid dienone is 3. The van der Waals surface area contributed by atoms with Gasteiger partial charge in [-0.1, -0.05) is 11.6 Å². The van der Waals surface area contributed by atoms with Crippen LogP contribution < -0.4 is 0 Å². The van der Waals surface area contributed by atoms with Crippen LogP contribution in [0.1, 0.15) is 19.8 Å². The molecule has 0 radical (unpaired) electrons. The molecule has 6 heteroatoms. The van der Waals surface area contributed by atoms with Gasteiger partial charge in [-0.05, 0) is 19.3 Å². The van der Waals surface area contributed by atoms with Crippen LogP contribution in [-0.4, -0.2) is 23.8 Å². The summed E-state index contributed by atoms with van der Waals surface area (Å²) in [6.07, 6.45) is 2.50. The van der Waals surface area contributed by atoms with Crippen molar-refractivity contribution >= 4 is 23.8 Å². The molecule has 4 unspecified atom stereocenters. The molecule has 0 amide bonds. The van der Waals surface area contributed by atoms with E-state index in [9.17, 15) is 19.2 Å². The summed E-state index contributed by atoms with van der Waals surface area (Å²) in [6, 6.07) is 0. The molecule has 0 aromatic carbocycles. The molecular weight excluding hydrogens is 276 g/mol. The standard InChI is InChI=1S/C15H12O6/c1-7-2-8(3-11-13(7)15(19)21-14(11)18)10-4-9(5-16)20-12(10)6-17/h2,8,10-11,13H,3-4H2,1H3. The van der Waals surface area contributed by atoms with Crippen molar-refractivity contribution in [2.45, 2.75) is 19.8 Å². The van der Waals surface area contributed by atoms with Gasteiger partial charge in [-0.15, -0.1) is 0 Å². The number of rotatable bonds is 1. The van der Waals surface area contributed by atoms with E-state index >= 15 is 0 Å². The number of fused-ring (bicyclic) bond motifs is 1. The van der Waals surface area contributed by atoms with Gasteiger partial charge >= 0.3 is 11.9 Å². The van der Waals surface area contributed by atoms with E-state index in [0.29, 0.717) is 6.42 Å². The second kappa shape index (κ2) is 4.85. The Kier molecular flexibility index (Phi) is 3.13. The summed E-state index contributed by atoms with van der Waals surface area (Å²) in [4.78, 5) is 45.0. The van der Waals surface area contributed by atoms with Gasteiger partial charge in [0.25, 0.3) is 0 Å². The molecule has 0 spiro atoms. The fourth-order valence-corrected chi connectivity index (χ4v) is 3.40. The lowest BCUT2D eigenvalue weighted by Crippen LogP contribution is -2.29. The van der Waals surface area contributed by atoms with Crippen LogP contribution >= 0.6 is 0 Å². The molecule has 4 atom stereocenters. The molecular formula is C15H12O6. The van der Waals surface area contributed by atoms with Gasteiger partial charge in [0.1, 0.15) is 0 Å². The first-order valence-corrected chi connectivity index (χ1v) is 6.65. The minimum atomic E-state index is -0.527. The average Bonchev–Trinajstić information content (AvgIpc) is 3.00. The molecule has 2 aliphatic heterocycles. The van der Waals surface area contributed by atoms with Crippen molar-refractivity contribution in [3.8, 4) is 0 Å². The molecule has 3 aliphatic rings. The van der Waals surface area contributed by atoms with Crippen molar-refractivity contribution in [3.05, 3.63) is 23.2 Å². The van der Waals surface area contributed by atoms with Gasteiger partial charge in [0, 0.05) is 12.3 Å². The number of hydrogen-bond donors (Lipinski definition) is 0. The van der Waals surface area contributed by atoms with Crippen LogP contribution in [0.3, 0.4) is 0 Å². The number of esters is 2. The number of ether oxygens (including phenoxy) is 2. The van der Waals surface area contributed by atoms with Gasteiger partial charge < -0.3 is 9.47 Å². The summed E-state index contributed by atoms with van der Waals surface area (Å²) < 4.78 is 9.78. The number of carbonyl (C=O) groups is 2. The van der Waals surface area contributed by atoms with E-state index in [2.05, 4.69) is 4.74 Å². The molecule has 0 aromatic rings. The van der Waals surface area contributed by atoms with Crippen molar-refractivity contribution in [1.29, 1.82) is 0 Å². The minimum Gasteiger partial charge on any atom is -0.443 e. The topological polar surface area (TPSA) is 86.7 Å². The Balaban J connectivity index is 1.93. The molecule has 2 heterocycles. The van der Waals surface area contributed by atoms with E-state index in [-0.39, 0.29) is 29.8 Å². The Morgan fingerprint density at radius 1 is 1.10 bits per heavy atom. The summed E-state index contributed by atoms with van der Waals surface area (Å²) in [5, 5.41) is 0. The quantitative estimate of drug-likeness (QED) is 0.306. The largest absolute Gasteiger partial charge is 0.443 e. The van der Waals surface area contributed by atoms with Crippen LogP contribution in [0, 0.1) is 23.7 Å². The number of hydrogen-bond acceptors (Lipinski definition) is 6. The smallest absolute Gasteiger partial charge is 0.321 e. The zero-order valence-corrected chi connectivity index (χ0v) is 11.3. The normalized spacial score (nSPS) is 34.6. The molecule has 0 N–H and O–H groups in total. The van der Waals surface area contributed by atoms with Gasteiger partial charge in [-0.2, -0.15) is 0 Å². The van der Waals surface area contributed by atoms with Gasteiger partial charge in [-0.3, -0.25) is 9.59 Å². The predicted molar refractivity (Wildman–Crippen MR) is 67.5 cm³/mol. The van der Waals surface area contributed by atoms with Gasteiger partial charge in [0.15, 0.2) is 23.4 Å². The van der Waals surface area contributed by atoms with Crippen LogP contribution in [0.5, 0.6) is 0 Å². The van der Waals surface area contributed by atoms with Crippen molar-refractivity contribution in [2.75, 3.05) is 0 Å². The Hall–Kier alpha value is -2.42.